The van der Waals surface area contributed by atoms with Crippen LogP contribution in [0.5, 0.6) is 0 Å². The fourth-order valence-electron chi connectivity index (χ4n) is 9.49. The molecule has 0 heterocycles. The summed E-state index contributed by atoms with van der Waals surface area (Å²) < 4.78 is 5.51. The fraction of sp³-hybridized carbons (Fsp3) is 0.950. The molecule has 0 aliphatic rings. The number of unbranched alkanes of at least 4 members (excludes halogenated alkanes) is 50. The Labute approximate surface area is 393 Å². The number of carbonyl (C=O) groups excluding carboxylic acids is 1. The molecular weight excluding hydrogens is 753 g/mol. The van der Waals surface area contributed by atoms with Gasteiger partial charge in [-0.05, 0) is 38.5 Å². The first kappa shape index (κ1) is 61.2. The third-order valence-electron chi connectivity index (χ3n) is 13.9. The summed E-state index contributed by atoms with van der Waals surface area (Å²) >= 11 is 0. The van der Waals surface area contributed by atoms with E-state index in [1.54, 1.807) is 0 Å². The lowest BCUT2D eigenvalue weighted by molar-refractivity contribution is -0.143. The van der Waals surface area contributed by atoms with Gasteiger partial charge in [0.25, 0.3) is 0 Å². The van der Waals surface area contributed by atoms with E-state index in [2.05, 4.69) is 26.0 Å². The normalized spacial score (nSPS) is 11.7. The van der Waals surface area contributed by atoms with Crippen molar-refractivity contribution in [2.75, 3.05) is 6.61 Å². The molecule has 0 aromatic carbocycles. The maximum atomic E-state index is 12.1. The van der Waals surface area contributed by atoms with Crippen LogP contribution in [0.15, 0.2) is 12.2 Å². The highest BCUT2D eigenvalue weighted by Gasteiger charge is 2.03. The number of hydrogen-bond acceptors (Lipinski definition) is 2. The zero-order chi connectivity index (χ0) is 44.6. The molecule has 0 saturated carbocycles. The van der Waals surface area contributed by atoms with Crippen LogP contribution in [0.4, 0.5) is 0 Å². The predicted octanol–water partition coefficient (Wildman–Crippen LogP) is 22.2. The Balaban J connectivity index is 3.15. The first-order valence-electron chi connectivity index (χ1n) is 29.6. The van der Waals surface area contributed by atoms with Gasteiger partial charge in [0, 0.05) is 6.42 Å². The van der Waals surface area contributed by atoms with Gasteiger partial charge in [-0.25, -0.2) is 0 Å². The lowest BCUT2D eigenvalue weighted by Gasteiger charge is -2.06. The second kappa shape index (κ2) is 58.2. The van der Waals surface area contributed by atoms with Gasteiger partial charge in [0.05, 0.1) is 6.61 Å². The number of ether oxygens (including phenoxy) is 1. The fourth-order valence-corrected chi connectivity index (χ4v) is 9.49. The van der Waals surface area contributed by atoms with E-state index < -0.39 is 0 Å². The molecule has 0 atom stereocenters. The third-order valence-corrected chi connectivity index (χ3v) is 13.9. The van der Waals surface area contributed by atoms with E-state index in [1.807, 2.05) is 0 Å². The van der Waals surface area contributed by atoms with Gasteiger partial charge in [-0.1, -0.05) is 328 Å². The largest absolute Gasteiger partial charge is 0.466 e. The molecule has 0 aromatic rings. The highest BCUT2D eigenvalue weighted by Crippen LogP contribution is 2.18. The SMILES string of the molecule is CCCCCCCCC=CCCCCCCCCCCCCCC(=O)OCCCCCCCCCCCCCCCCCCCCCCCCCCCCCCCCCCCC. The highest BCUT2D eigenvalue weighted by atomic mass is 16.5. The minimum atomic E-state index is 0.0318. The molecule has 0 fully saturated rings. The molecule has 0 bridgehead atoms. The van der Waals surface area contributed by atoms with Gasteiger partial charge in [0.2, 0.25) is 0 Å². The summed E-state index contributed by atoms with van der Waals surface area (Å²) in [4.78, 5) is 12.1. The second-order valence-corrected chi connectivity index (χ2v) is 20.3. The van der Waals surface area contributed by atoms with E-state index >= 15 is 0 Å². The lowest BCUT2D eigenvalue weighted by Crippen LogP contribution is -2.05. The molecule has 0 amide bonds. The van der Waals surface area contributed by atoms with Crippen molar-refractivity contribution in [2.24, 2.45) is 0 Å². The Morgan fingerprint density at radius 2 is 0.452 bits per heavy atom. The standard InChI is InChI=1S/C60H118O2/c1-3-5-7-9-11-13-15-17-19-21-23-25-26-27-28-29-30-31-32-33-34-35-36-37-39-41-43-45-47-49-51-53-55-57-59-62-60(61)58-56-54-52-50-48-46-44-42-40-38-24-22-20-18-16-14-12-10-8-6-4-2/h18,20H,3-17,19,21-59H2,1-2H3. The Bertz CT molecular complexity index is 818. The maximum Gasteiger partial charge on any atom is 0.305 e. The van der Waals surface area contributed by atoms with Crippen molar-refractivity contribution >= 4 is 5.97 Å². The Morgan fingerprint density at radius 3 is 0.694 bits per heavy atom. The van der Waals surface area contributed by atoms with Crippen molar-refractivity contribution in [1.82, 2.24) is 0 Å². The van der Waals surface area contributed by atoms with Crippen LogP contribution in [0, 0.1) is 0 Å². The van der Waals surface area contributed by atoms with Crippen molar-refractivity contribution in [3.8, 4) is 0 Å². The van der Waals surface area contributed by atoms with Crippen LogP contribution in [0.2, 0.25) is 0 Å². The highest BCUT2D eigenvalue weighted by molar-refractivity contribution is 5.69. The van der Waals surface area contributed by atoms with Gasteiger partial charge in [-0.15, -0.1) is 0 Å². The molecule has 370 valence electrons. The molecule has 2 nitrogen and oxygen atoms in total. The topological polar surface area (TPSA) is 26.3 Å². The van der Waals surface area contributed by atoms with Crippen molar-refractivity contribution < 1.29 is 9.53 Å². The summed E-state index contributed by atoms with van der Waals surface area (Å²) in [5, 5.41) is 0. The first-order chi connectivity index (χ1) is 30.8. The molecule has 0 spiro atoms. The van der Waals surface area contributed by atoms with Crippen LogP contribution < -0.4 is 0 Å². The van der Waals surface area contributed by atoms with Crippen molar-refractivity contribution in [2.45, 2.75) is 361 Å². The predicted molar refractivity (Wildman–Crippen MR) is 281 cm³/mol. The van der Waals surface area contributed by atoms with E-state index in [-0.39, 0.29) is 5.97 Å². The zero-order valence-electron chi connectivity index (χ0n) is 43.4. The van der Waals surface area contributed by atoms with E-state index in [9.17, 15) is 4.79 Å². The van der Waals surface area contributed by atoms with E-state index in [4.69, 9.17) is 4.74 Å². The number of carbonyl (C=O) groups is 1. The Kier molecular flexibility index (Phi) is 57.5. The molecule has 0 aliphatic heterocycles. The molecule has 0 N–H and O–H groups in total. The second-order valence-electron chi connectivity index (χ2n) is 20.3. The summed E-state index contributed by atoms with van der Waals surface area (Å²) in [6, 6.07) is 0. The molecule has 0 rings (SSSR count). The molecule has 0 aliphatic carbocycles. The molecule has 0 radical (unpaired) electrons. The monoisotopic (exact) mass is 871 g/mol. The van der Waals surface area contributed by atoms with Gasteiger partial charge >= 0.3 is 5.97 Å². The lowest BCUT2D eigenvalue weighted by atomic mass is 10.0. The quantitative estimate of drug-likeness (QED) is 0.0346. The van der Waals surface area contributed by atoms with E-state index in [0.29, 0.717) is 13.0 Å². The Hall–Kier alpha value is -0.790. The first-order valence-corrected chi connectivity index (χ1v) is 29.6. The maximum absolute atomic E-state index is 12.1. The van der Waals surface area contributed by atoms with Crippen LogP contribution in [0.3, 0.4) is 0 Å². The Morgan fingerprint density at radius 1 is 0.258 bits per heavy atom. The minimum absolute atomic E-state index is 0.0318. The summed E-state index contributed by atoms with van der Waals surface area (Å²) in [6.45, 7) is 5.23. The smallest absolute Gasteiger partial charge is 0.305 e. The number of allylic oxidation sites excluding steroid dienone is 2. The molecule has 2 heteroatoms. The van der Waals surface area contributed by atoms with Gasteiger partial charge in [0.1, 0.15) is 0 Å². The van der Waals surface area contributed by atoms with Crippen LogP contribution in [0.1, 0.15) is 361 Å². The van der Waals surface area contributed by atoms with Crippen molar-refractivity contribution in [3.63, 3.8) is 0 Å². The summed E-state index contributed by atoms with van der Waals surface area (Å²) in [7, 11) is 0. The molecule has 0 saturated heterocycles. The summed E-state index contributed by atoms with van der Waals surface area (Å²) in [5.41, 5.74) is 0. The summed E-state index contributed by atoms with van der Waals surface area (Å²) in [6.07, 6.45) is 79.8. The van der Waals surface area contributed by atoms with Gasteiger partial charge in [0.15, 0.2) is 0 Å². The van der Waals surface area contributed by atoms with E-state index in [1.165, 1.54) is 327 Å². The number of esters is 1. The van der Waals surface area contributed by atoms with Crippen LogP contribution in [-0.2, 0) is 9.53 Å². The minimum Gasteiger partial charge on any atom is -0.466 e. The van der Waals surface area contributed by atoms with Crippen molar-refractivity contribution in [3.05, 3.63) is 12.2 Å². The molecule has 0 aromatic heterocycles. The zero-order valence-corrected chi connectivity index (χ0v) is 43.4. The van der Waals surface area contributed by atoms with Crippen LogP contribution >= 0.6 is 0 Å². The van der Waals surface area contributed by atoms with E-state index in [0.717, 1.165) is 12.8 Å². The molecule has 62 heavy (non-hydrogen) atoms. The third kappa shape index (κ3) is 57.2. The average Bonchev–Trinajstić information content (AvgIpc) is 3.28. The summed E-state index contributed by atoms with van der Waals surface area (Å²) in [5.74, 6) is 0.0318. The number of hydrogen-bond donors (Lipinski definition) is 0. The van der Waals surface area contributed by atoms with Gasteiger partial charge < -0.3 is 4.74 Å². The van der Waals surface area contributed by atoms with Gasteiger partial charge in [-0.3, -0.25) is 4.79 Å². The average molecular weight is 872 g/mol. The molecule has 0 unspecified atom stereocenters. The van der Waals surface area contributed by atoms with Crippen molar-refractivity contribution in [1.29, 1.82) is 0 Å². The van der Waals surface area contributed by atoms with Crippen LogP contribution in [0.25, 0.3) is 0 Å². The number of rotatable bonds is 56. The molecular formula is C60H118O2. The van der Waals surface area contributed by atoms with Crippen LogP contribution in [-0.4, -0.2) is 12.6 Å². The van der Waals surface area contributed by atoms with Gasteiger partial charge in [-0.2, -0.15) is 0 Å².